The number of benzene rings is 2. The molecule has 0 saturated carbocycles. The minimum atomic E-state index is -3.98. The highest BCUT2D eigenvalue weighted by atomic mass is 35.5. The number of halogens is 3. The Morgan fingerprint density at radius 2 is 1.73 bits per heavy atom. The summed E-state index contributed by atoms with van der Waals surface area (Å²) in [7, 11) is -3.98. The van der Waals surface area contributed by atoms with Crippen LogP contribution in [-0.2, 0) is 10.0 Å². The third-order valence-electron chi connectivity index (χ3n) is 6.76. The highest BCUT2D eigenvalue weighted by Crippen LogP contribution is 2.33. The van der Waals surface area contributed by atoms with Crippen LogP contribution in [0.5, 0.6) is 0 Å². The first-order valence-electron chi connectivity index (χ1n) is 13.0. The lowest BCUT2D eigenvalue weighted by Crippen LogP contribution is -2.40. The van der Waals surface area contributed by atoms with Gasteiger partial charge < -0.3 is 10.2 Å². The van der Waals surface area contributed by atoms with E-state index in [4.69, 9.17) is 23.2 Å². The molecule has 1 amide bonds. The molecule has 41 heavy (non-hydrogen) atoms. The number of likely N-dealkylation sites (tertiary alicyclic amines) is 1. The van der Waals surface area contributed by atoms with Crippen molar-refractivity contribution in [3.63, 3.8) is 0 Å². The van der Waals surface area contributed by atoms with Gasteiger partial charge in [-0.05, 0) is 75.4 Å². The molecule has 13 heteroatoms. The van der Waals surface area contributed by atoms with Gasteiger partial charge in [0.2, 0.25) is 10.0 Å². The number of hydrogen-bond acceptors (Lipinski definition) is 6. The van der Waals surface area contributed by atoms with Crippen LogP contribution < -0.4 is 10.0 Å². The summed E-state index contributed by atoms with van der Waals surface area (Å²) in [6.45, 7) is 6.14. The first-order chi connectivity index (χ1) is 19.3. The SMILES string of the molecule is CC(C)(C)NS(=O)(=O)c1cnn2c(Nc3cc(Cl)ccc3Cl)c(C(=O)N3CCC(c4ccc(F)cc4)CC3)cnc12. The van der Waals surface area contributed by atoms with Crippen LogP contribution in [0.3, 0.4) is 0 Å². The van der Waals surface area contributed by atoms with E-state index in [9.17, 15) is 17.6 Å². The lowest BCUT2D eigenvalue weighted by Gasteiger charge is -2.32. The summed E-state index contributed by atoms with van der Waals surface area (Å²) in [6.07, 6.45) is 3.96. The zero-order valence-corrected chi connectivity index (χ0v) is 25.0. The van der Waals surface area contributed by atoms with Crippen molar-refractivity contribution in [3.05, 3.63) is 81.8 Å². The second-order valence-corrected chi connectivity index (χ2v) is 13.5. The van der Waals surface area contributed by atoms with Crippen molar-refractivity contribution in [2.75, 3.05) is 18.4 Å². The van der Waals surface area contributed by atoms with Gasteiger partial charge in [0.1, 0.15) is 22.1 Å². The molecule has 0 spiro atoms. The summed E-state index contributed by atoms with van der Waals surface area (Å²) in [5.41, 5.74) is 0.925. The van der Waals surface area contributed by atoms with Crippen molar-refractivity contribution in [1.29, 1.82) is 0 Å². The Labute approximate surface area is 247 Å². The number of anilines is 2. The van der Waals surface area contributed by atoms with Gasteiger partial charge in [0, 0.05) is 29.8 Å². The molecule has 0 atom stereocenters. The van der Waals surface area contributed by atoms with Gasteiger partial charge in [0.25, 0.3) is 5.91 Å². The fourth-order valence-electron chi connectivity index (χ4n) is 4.88. The van der Waals surface area contributed by atoms with Crippen LogP contribution in [0.1, 0.15) is 55.5 Å². The van der Waals surface area contributed by atoms with Crippen molar-refractivity contribution in [2.45, 2.75) is 50.0 Å². The second kappa shape index (κ2) is 11.2. The average molecular weight is 620 g/mol. The second-order valence-electron chi connectivity index (χ2n) is 11.0. The van der Waals surface area contributed by atoms with Gasteiger partial charge in [-0.1, -0.05) is 35.3 Å². The number of hydrogen-bond donors (Lipinski definition) is 2. The minimum Gasteiger partial charge on any atom is -0.338 e. The van der Waals surface area contributed by atoms with E-state index in [1.54, 1.807) is 56.0 Å². The summed E-state index contributed by atoms with van der Waals surface area (Å²) >= 11 is 12.6. The molecule has 1 saturated heterocycles. The molecule has 0 radical (unpaired) electrons. The third-order valence-corrected chi connectivity index (χ3v) is 9.07. The fourth-order valence-corrected chi connectivity index (χ4v) is 6.69. The molecule has 0 unspecified atom stereocenters. The Kier molecular flexibility index (Phi) is 7.99. The number of carbonyl (C=O) groups excluding carboxylic acids is 1. The highest BCUT2D eigenvalue weighted by Gasteiger charge is 2.31. The Bertz CT molecular complexity index is 1710. The molecule has 9 nitrogen and oxygen atoms in total. The predicted octanol–water partition coefficient (Wildman–Crippen LogP) is 6.02. The summed E-state index contributed by atoms with van der Waals surface area (Å²) in [6, 6.07) is 11.3. The van der Waals surface area contributed by atoms with Crippen LogP contribution in [0.15, 0.2) is 59.8 Å². The molecule has 3 heterocycles. The summed E-state index contributed by atoms with van der Waals surface area (Å²) in [4.78, 5) is 19.8. The zero-order chi connectivity index (χ0) is 29.5. The van der Waals surface area contributed by atoms with Gasteiger partial charge in [0.05, 0.1) is 16.9 Å². The number of nitrogens with one attached hydrogen (secondary N) is 2. The molecular formula is C28H29Cl2FN6O3S. The van der Waals surface area contributed by atoms with Gasteiger partial charge in [-0.2, -0.15) is 9.61 Å². The van der Waals surface area contributed by atoms with Crippen molar-refractivity contribution >= 4 is 56.3 Å². The normalized spacial score (nSPS) is 14.9. The van der Waals surface area contributed by atoms with Gasteiger partial charge >= 0.3 is 0 Å². The number of fused-ring (bicyclic) bond motifs is 1. The highest BCUT2D eigenvalue weighted by molar-refractivity contribution is 7.89. The predicted molar refractivity (Wildman–Crippen MR) is 157 cm³/mol. The number of carbonyl (C=O) groups is 1. The number of nitrogens with zero attached hydrogens (tertiary/aromatic N) is 4. The molecule has 2 aromatic heterocycles. The molecule has 2 N–H and O–H groups in total. The number of amides is 1. The van der Waals surface area contributed by atoms with Crippen molar-refractivity contribution in [2.24, 2.45) is 0 Å². The van der Waals surface area contributed by atoms with Crippen molar-refractivity contribution in [3.8, 4) is 0 Å². The quantitative estimate of drug-likeness (QED) is 0.274. The lowest BCUT2D eigenvalue weighted by atomic mass is 9.89. The van der Waals surface area contributed by atoms with E-state index in [1.165, 1.54) is 29.0 Å². The Hall–Kier alpha value is -3.25. The summed E-state index contributed by atoms with van der Waals surface area (Å²) < 4.78 is 43.6. The Morgan fingerprint density at radius 3 is 2.39 bits per heavy atom. The van der Waals surface area contributed by atoms with E-state index in [2.05, 4.69) is 20.1 Å². The topological polar surface area (TPSA) is 109 Å². The largest absolute Gasteiger partial charge is 0.338 e. The first-order valence-corrected chi connectivity index (χ1v) is 15.2. The number of piperidine rings is 1. The maximum atomic E-state index is 13.9. The van der Waals surface area contributed by atoms with E-state index >= 15 is 0 Å². The first kappa shape index (κ1) is 29.2. The molecule has 0 bridgehead atoms. The average Bonchev–Trinajstić information content (AvgIpc) is 3.36. The standard InChI is InChI=1S/C28H29Cl2FN6O3S/c1-28(2,3)35-41(39,40)24-16-33-37-25(34-23-14-19(29)6-9-22(23)30)21(15-32-26(24)37)27(38)36-12-10-18(11-13-36)17-4-7-20(31)8-5-17/h4-9,14-16,18,34-35H,10-13H2,1-3H3. The molecule has 5 rings (SSSR count). The number of rotatable bonds is 6. The van der Waals surface area contributed by atoms with Crippen LogP contribution in [0.4, 0.5) is 15.9 Å². The number of aromatic nitrogens is 3. The van der Waals surface area contributed by atoms with Crippen LogP contribution in [0, 0.1) is 5.82 Å². The molecule has 1 aliphatic heterocycles. The molecule has 2 aromatic carbocycles. The minimum absolute atomic E-state index is 0.0361. The van der Waals surface area contributed by atoms with Crippen LogP contribution in [-0.4, -0.2) is 52.5 Å². The maximum Gasteiger partial charge on any atom is 0.259 e. The lowest BCUT2D eigenvalue weighted by molar-refractivity contribution is 0.0713. The van der Waals surface area contributed by atoms with E-state index in [0.29, 0.717) is 41.7 Å². The van der Waals surface area contributed by atoms with Gasteiger partial charge in [-0.25, -0.2) is 22.5 Å². The van der Waals surface area contributed by atoms with Crippen LogP contribution >= 0.6 is 23.2 Å². The van der Waals surface area contributed by atoms with E-state index in [-0.39, 0.29) is 39.6 Å². The summed E-state index contributed by atoms with van der Waals surface area (Å²) in [5, 5.41) is 8.20. The molecule has 216 valence electrons. The van der Waals surface area contributed by atoms with Gasteiger partial charge in [-0.3, -0.25) is 4.79 Å². The molecule has 4 aromatic rings. The van der Waals surface area contributed by atoms with Crippen LogP contribution in [0.2, 0.25) is 10.0 Å². The molecule has 1 fully saturated rings. The van der Waals surface area contributed by atoms with Gasteiger partial charge in [-0.15, -0.1) is 0 Å². The van der Waals surface area contributed by atoms with Crippen LogP contribution in [0.25, 0.3) is 5.65 Å². The maximum absolute atomic E-state index is 13.9. The Balaban J connectivity index is 1.52. The van der Waals surface area contributed by atoms with Gasteiger partial charge in [0.15, 0.2) is 5.65 Å². The molecule has 1 aliphatic rings. The summed E-state index contributed by atoms with van der Waals surface area (Å²) in [5.74, 6) is -0.183. The van der Waals surface area contributed by atoms with E-state index < -0.39 is 15.6 Å². The van der Waals surface area contributed by atoms with E-state index in [0.717, 1.165) is 5.56 Å². The number of sulfonamides is 1. The monoisotopic (exact) mass is 618 g/mol. The van der Waals surface area contributed by atoms with E-state index in [1.807, 2.05) is 0 Å². The fraction of sp³-hybridized carbons (Fsp3) is 0.321. The third kappa shape index (κ3) is 6.33. The van der Waals surface area contributed by atoms with Crippen molar-refractivity contribution < 1.29 is 17.6 Å². The van der Waals surface area contributed by atoms with Crippen molar-refractivity contribution in [1.82, 2.24) is 24.2 Å². The zero-order valence-electron chi connectivity index (χ0n) is 22.7. The Morgan fingerprint density at radius 1 is 1.05 bits per heavy atom. The molecule has 0 aliphatic carbocycles. The molecular weight excluding hydrogens is 590 g/mol. The smallest absolute Gasteiger partial charge is 0.259 e.